The highest BCUT2D eigenvalue weighted by Gasteiger charge is 2.54. The fourth-order valence-electron chi connectivity index (χ4n) is 3.48. The van der Waals surface area contributed by atoms with Gasteiger partial charge in [0.2, 0.25) is 13.5 Å². The summed E-state index contributed by atoms with van der Waals surface area (Å²) in [6.45, 7) is -1.07. The van der Waals surface area contributed by atoms with Gasteiger partial charge in [-0.2, -0.15) is 0 Å². The van der Waals surface area contributed by atoms with Crippen molar-refractivity contribution in [3.05, 3.63) is 47.2 Å². The van der Waals surface area contributed by atoms with E-state index < -0.39 is 62.1 Å². The van der Waals surface area contributed by atoms with Crippen LogP contribution in [-0.2, 0) is 23.9 Å². The number of alkyl carbamates (subject to hydrolysis) is 1. The zero-order valence-electron chi connectivity index (χ0n) is 18.9. The summed E-state index contributed by atoms with van der Waals surface area (Å²) in [6.07, 6.45) is -1.02. The molecule has 1 saturated heterocycles. The Bertz CT molecular complexity index is 1120. The monoisotopic (exact) mass is 729 g/mol. The van der Waals surface area contributed by atoms with Crippen molar-refractivity contribution in [2.45, 2.75) is 25.0 Å². The van der Waals surface area contributed by atoms with E-state index in [1.54, 1.807) is 30.3 Å². The smallest absolute Gasteiger partial charge is 0.408 e. The van der Waals surface area contributed by atoms with E-state index in [4.69, 9.17) is 79.1 Å². The van der Waals surface area contributed by atoms with Crippen molar-refractivity contribution >= 4 is 121 Å². The maximum absolute atomic E-state index is 13.3. The molecule has 2 aliphatic rings. The van der Waals surface area contributed by atoms with Gasteiger partial charge >= 0.3 is 12.1 Å². The first-order chi connectivity index (χ1) is 17.7. The van der Waals surface area contributed by atoms with Crippen LogP contribution in [0.3, 0.4) is 0 Å². The topological polar surface area (TPSA) is 114 Å². The summed E-state index contributed by atoms with van der Waals surface area (Å²) < 4.78 is 6.29. The van der Waals surface area contributed by atoms with E-state index in [1.165, 1.54) is 16.7 Å². The molecule has 208 valence electrons. The van der Waals surface area contributed by atoms with Gasteiger partial charge in [-0.25, -0.2) is 9.59 Å². The van der Waals surface area contributed by atoms with E-state index >= 15 is 0 Å². The number of alkyl halides is 7. The molecule has 2 N–H and O–H groups in total. The molecular weight excluding hydrogens is 715 g/mol. The molecule has 0 saturated carbocycles. The molecule has 9 nitrogen and oxygen atoms in total. The summed E-state index contributed by atoms with van der Waals surface area (Å²) in [5.41, 5.74) is 1.02. The van der Waals surface area contributed by atoms with Gasteiger partial charge in [0.15, 0.2) is 0 Å². The second kappa shape index (κ2) is 13.2. The fourth-order valence-corrected chi connectivity index (χ4v) is 5.88. The molecule has 3 amide bonds. The van der Waals surface area contributed by atoms with Gasteiger partial charge in [-0.15, -0.1) is 11.8 Å². The van der Waals surface area contributed by atoms with Crippen LogP contribution in [0.2, 0.25) is 0 Å². The molecule has 3 rings (SSSR count). The number of esters is 1. The van der Waals surface area contributed by atoms with Crippen LogP contribution >= 0.6 is 97.3 Å². The van der Waals surface area contributed by atoms with Gasteiger partial charge in [0.1, 0.15) is 36.4 Å². The van der Waals surface area contributed by atoms with Crippen LogP contribution in [0.1, 0.15) is 11.6 Å². The first-order valence-electron chi connectivity index (χ1n) is 10.5. The minimum atomic E-state index is -1.85. The second-order valence-corrected chi connectivity index (χ2v) is 14.6. The minimum absolute atomic E-state index is 0.0170. The standard InChI is InChI=1S/C21H18BrCl6N3O6S/c22-6-11-7-38-17-13(16(33)31(17)14(11)18(34)36-8-20(23,24)25)29-15(32)12(10-4-2-1-3-5-10)30-19(35)37-9-21(26,27)28/h1-5,12-13,17H,6-9H2,(H,29,32)(H,30,35)/t12?,13-,17+/m1/s1. The number of carbonyl (C=O) groups excluding carboxylic acids is 4. The van der Waals surface area contributed by atoms with Gasteiger partial charge in [0.05, 0.1) is 0 Å². The van der Waals surface area contributed by atoms with Crippen LogP contribution in [0, 0.1) is 0 Å². The number of ether oxygens (including phenoxy) is 2. The molecule has 17 heteroatoms. The van der Waals surface area contributed by atoms with E-state index in [0.717, 1.165) is 0 Å². The average Bonchev–Trinajstić information content (AvgIpc) is 2.86. The highest BCUT2D eigenvalue weighted by Crippen LogP contribution is 2.41. The highest BCUT2D eigenvalue weighted by molar-refractivity contribution is 9.09. The number of hydrogen-bond acceptors (Lipinski definition) is 7. The normalized spacial score (nSPS) is 20.2. The maximum Gasteiger partial charge on any atom is 0.408 e. The third kappa shape index (κ3) is 8.36. The predicted octanol–water partition coefficient (Wildman–Crippen LogP) is 4.79. The van der Waals surface area contributed by atoms with Crippen molar-refractivity contribution in [2.75, 3.05) is 24.3 Å². The Morgan fingerprint density at radius 1 is 1.05 bits per heavy atom. The minimum Gasteiger partial charge on any atom is -0.456 e. The lowest BCUT2D eigenvalue weighted by molar-refractivity contribution is -0.153. The third-order valence-electron chi connectivity index (χ3n) is 5.09. The fraction of sp³-hybridized carbons (Fsp3) is 0.429. The largest absolute Gasteiger partial charge is 0.456 e. The van der Waals surface area contributed by atoms with Crippen molar-refractivity contribution in [2.24, 2.45) is 0 Å². The Morgan fingerprint density at radius 3 is 2.24 bits per heavy atom. The van der Waals surface area contributed by atoms with Gasteiger partial charge in [-0.05, 0) is 11.1 Å². The molecule has 0 aromatic heterocycles. The van der Waals surface area contributed by atoms with E-state index in [1.807, 2.05) is 0 Å². The van der Waals surface area contributed by atoms with Gasteiger partial charge in [-0.1, -0.05) is 116 Å². The van der Waals surface area contributed by atoms with E-state index in [0.29, 0.717) is 22.2 Å². The van der Waals surface area contributed by atoms with Crippen molar-refractivity contribution in [3.63, 3.8) is 0 Å². The zero-order chi connectivity index (χ0) is 28.3. The Labute approximate surface area is 260 Å². The number of β-lactam (4-membered cyclic amide) rings is 1. The number of rotatable bonds is 8. The number of halogens is 7. The lowest BCUT2D eigenvalue weighted by Gasteiger charge is -2.49. The van der Waals surface area contributed by atoms with Crippen LogP contribution in [0.25, 0.3) is 0 Å². The molecule has 0 spiro atoms. The van der Waals surface area contributed by atoms with Crippen LogP contribution in [-0.4, -0.2) is 72.1 Å². The number of fused-ring (bicyclic) bond motifs is 1. The number of nitrogens with one attached hydrogen (secondary N) is 2. The number of amides is 3. The molecule has 2 heterocycles. The Morgan fingerprint density at radius 2 is 1.66 bits per heavy atom. The van der Waals surface area contributed by atoms with Crippen LogP contribution in [0.15, 0.2) is 41.6 Å². The van der Waals surface area contributed by atoms with Crippen molar-refractivity contribution in [1.82, 2.24) is 15.5 Å². The van der Waals surface area contributed by atoms with Gasteiger partial charge < -0.3 is 20.1 Å². The number of thioether (sulfide) groups is 1. The molecule has 1 aromatic rings. The lowest BCUT2D eigenvalue weighted by Crippen LogP contribution is -2.71. The molecular formula is C21H18BrCl6N3O6S. The summed E-state index contributed by atoms with van der Waals surface area (Å²) in [5.74, 6) is -1.72. The summed E-state index contributed by atoms with van der Waals surface area (Å²) in [5, 5.41) is 4.73. The molecule has 2 aliphatic heterocycles. The summed E-state index contributed by atoms with van der Waals surface area (Å²) in [4.78, 5) is 52.7. The Hall–Kier alpha value is -0.790. The SMILES string of the molecule is O=C(NC(C(=O)N[C@@H]1C(=O)N2C(C(=O)OCC(Cl)(Cl)Cl)=C(CBr)CS[C@@H]12)c1ccccc1)OCC(Cl)(Cl)Cl. The van der Waals surface area contributed by atoms with E-state index in [2.05, 4.69) is 26.6 Å². The van der Waals surface area contributed by atoms with E-state index in [9.17, 15) is 19.2 Å². The predicted molar refractivity (Wildman–Crippen MR) is 151 cm³/mol. The van der Waals surface area contributed by atoms with Gasteiger partial charge in [0, 0.05) is 11.1 Å². The summed E-state index contributed by atoms with van der Waals surface area (Å²) in [6, 6.07) is 6.03. The van der Waals surface area contributed by atoms with Crippen LogP contribution < -0.4 is 10.6 Å². The third-order valence-corrected chi connectivity index (χ3v) is 7.76. The van der Waals surface area contributed by atoms with Gasteiger partial charge in [-0.3, -0.25) is 14.5 Å². The molecule has 1 unspecified atom stereocenters. The lowest BCUT2D eigenvalue weighted by atomic mass is 10.0. The second-order valence-electron chi connectivity index (χ2n) is 7.85. The van der Waals surface area contributed by atoms with Crippen LogP contribution in [0.4, 0.5) is 4.79 Å². The molecule has 0 aliphatic carbocycles. The van der Waals surface area contributed by atoms with E-state index in [-0.39, 0.29) is 5.70 Å². The van der Waals surface area contributed by atoms with Crippen molar-refractivity contribution in [1.29, 1.82) is 0 Å². The molecule has 3 atom stereocenters. The van der Waals surface area contributed by atoms with Crippen molar-refractivity contribution < 1.29 is 28.7 Å². The van der Waals surface area contributed by atoms with Crippen molar-refractivity contribution in [3.8, 4) is 0 Å². The van der Waals surface area contributed by atoms with Gasteiger partial charge in [0.25, 0.3) is 5.91 Å². The quantitative estimate of drug-likeness (QED) is 0.225. The molecule has 38 heavy (non-hydrogen) atoms. The van der Waals surface area contributed by atoms with Crippen LogP contribution in [0.5, 0.6) is 0 Å². The highest BCUT2D eigenvalue weighted by atomic mass is 79.9. The average molecular weight is 733 g/mol. The first-order valence-corrected chi connectivity index (χ1v) is 15.0. The summed E-state index contributed by atoms with van der Waals surface area (Å²) in [7, 11) is 0. The molecule has 0 bridgehead atoms. The Kier molecular flexibility index (Phi) is 11.1. The number of benzene rings is 1. The number of carbonyl (C=O) groups is 4. The molecule has 1 aromatic carbocycles. The molecule has 1 fully saturated rings. The zero-order valence-corrected chi connectivity index (χ0v) is 25.8. The first kappa shape index (κ1) is 31.7. The number of hydrogen-bond donors (Lipinski definition) is 2. The number of nitrogens with zero attached hydrogens (tertiary/aromatic N) is 1. The summed E-state index contributed by atoms with van der Waals surface area (Å²) >= 11 is 38.5. The Balaban J connectivity index is 1.74. The molecule has 0 radical (unpaired) electrons. The maximum atomic E-state index is 13.3.